The first-order chi connectivity index (χ1) is 19.3. The number of rotatable bonds is 18. The predicted octanol–water partition coefficient (Wildman–Crippen LogP) is 4.07. The van der Waals surface area contributed by atoms with Crippen LogP contribution in [0.15, 0.2) is 0 Å². The molecule has 0 aromatic carbocycles. The maximum atomic E-state index is 13.3. The van der Waals surface area contributed by atoms with E-state index in [0.717, 1.165) is 19.3 Å². The third kappa shape index (κ3) is 20.4. The SMILES string of the molecule is CC(CCOC(=O)CC(CC(=O)OCCC(C)CC(C)(C)C)(C(=O)OCCC(C)CC(C)(C)C)S(=O)(=O)[O-])CC(C)(C)C.[Na+]. The Morgan fingerprint density at radius 2 is 0.864 bits per heavy atom. The molecule has 254 valence electrons. The summed E-state index contributed by atoms with van der Waals surface area (Å²) >= 11 is 0. The normalized spacial score (nSPS) is 16.1. The van der Waals surface area contributed by atoms with Crippen LogP contribution >= 0.6 is 0 Å². The van der Waals surface area contributed by atoms with Crippen LogP contribution in [0.25, 0.3) is 0 Å². The smallest absolute Gasteiger partial charge is 0.747 e. The van der Waals surface area contributed by atoms with Gasteiger partial charge in [-0.3, -0.25) is 14.4 Å². The van der Waals surface area contributed by atoms with Crippen LogP contribution in [0, 0.1) is 34.0 Å². The molecule has 0 bridgehead atoms. The maximum absolute atomic E-state index is 13.3. The third-order valence-electron chi connectivity index (χ3n) is 7.18. The zero-order valence-electron chi connectivity index (χ0n) is 30.1. The fourth-order valence-electron chi connectivity index (χ4n) is 5.73. The molecular weight excluding hydrogens is 595 g/mol. The van der Waals surface area contributed by atoms with Gasteiger partial charge < -0.3 is 18.8 Å². The molecule has 0 aromatic heterocycles. The summed E-state index contributed by atoms with van der Waals surface area (Å²) in [5.41, 5.74) is 0.191. The summed E-state index contributed by atoms with van der Waals surface area (Å²) in [6.07, 6.45) is 1.79. The summed E-state index contributed by atoms with van der Waals surface area (Å²) < 4.78 is 50.8. The molecule has 0 aliphatic carbocycles. The summed E-state index contributed by atoms with van der Waals surface area (Å²) in [7, 11) is -5.55. The molecule has 0 radical (unpaired) electrons. The van der Waals surface area contributed by atoms with Crippen LogP contribution in [-0.4, -0.2) is 55.4 Å². The Labute approximate surface area is 290 Å². The Morgan fingerprint density at radius 3 is 1.11 bits per heavy atom. The topological polar surface area (TPSA) is 136 Å². The first kappa shape index (κ1) is 45.4. The van der Waals surface area contributed by atoms with Crippen molar-refractivity contribution in [3.8, 4) is 0 Å². The van der Waals surface area contributed by atoms with Crippen molar-refractivity contribution in [2.24, 2.45) is 34.0 Å². The molecular formula is C33H61NaO9S. The second kappa shape index (κ2) is 19.2. The Morgan fingerprint density at radius 1 is 0.591 bits per heavy atom. The van der Waals surface area contributed by atoms with E-state index < -0.39 is 45.6 Å². The van der Waals surface area contributed by atoms with Crippen molar-refractivity contribution in [3.05, 3.63) is 0 Å². The minimum absolute atomic E-state index is 0. The molecule has 3 atom stereocenters. The van der Waals surface area contributed by atoms with E-state index in [1.807, 2.05) is 20.8 Å². The van der Waals surface area contributed by atoms with Gasteiger partial charge in [0.25, 0.3) is 0 Å². The van der Waals surface area contributed by atoms with Gasteiger partial charge in [0.2, 0.25) is 0 Å². The van der Waals surface area contributed by atoms with Crippen LogP contribution in [-0.2, 0) is 38.7 Å². The van der Waals surface area contributed by atoms with Crippen molar-refractivity contribution in [1.82, 2.24) is 0 Å². The molecule has 0 aliphatic rings. The minimum atomic E-state index is -5.55. The largest absolute Gasteiger partial charge is 1.00 e. The number of esters is 3. The van der Waals surface area contributed by atoms with Crippen LogP contribution in [0.2, 0.25) is 0 Å². The zero-order chi connectivity index (χ0) is 33.9. The molecule has 0 rings (SSSR count). The number of hydrogen-bond acceptors (Lipinski definition) is 9. The van der Waals surface area contributed by atoms with Crippen LogP contribution in [0.5, 0.6) is 0 Å². The average Bonchev–Trinajstić information content (AvgIpc) is 2.73. The number of carbonyl (C=O) groups excluding carboxylic acids is 3. The molecule has 0 aromatic rings. The summed E-state index contributed by atoms with van der Waals surface area (Å²) in [5, 5.41) is 0. The third-order valence-corrected chi connectivity index (χ3v) is 8.60. The van der Waals surface area contributed by atoms with Gasteiger partial charge in [0, 0.05) is 0 Å². The van der Waals surface area contributed by atoms with Crippen LogP contribution in [0.4, 0.5) is 0 Å². The molecule has 11 heteroatoms. The van der Waals surface area contributed by atoms with Gasteiger partial charge in [0.05, 0.1) is 32.7 Å². The minimum Gasteiger partial charge on any atom is -0.747 e. The van der Waals surface area contributed by atoms with Crippen LogP contribution < -0.4 is 29.6 Å². The molecule has 0 heterocycles. The van der Waals surface area contributed by atoms with Crippen molar-refractivity contribution in [1.29, 1.82) is 0 Å². The van der Waals surface area contributed by atoms with Gasteiger partial charge in [-0.25, -0.2) is 8.42 Å². The molecule has 0 aliphatic heterocycles. The van der Waals surface area contributed by atoms with Crippen LogP contribution in [0.1, 0.15) is 134 Å². The molecule has 0 amide bonds. The van der Waals surface area contributed by atoms with Crippen molar-refractivity contribution < 1.29 is 71.1 Å². The molecule has 0 spiro atoms. The first-order valence-electron chi connectivity index (χ1n) is 15.7. The fourth-order valence-corrected chi connectivity index (χ4v) is 6.58. The number of carbonyl (C=O) groups is 3. The Hall–Kier alpha value is -0.680. The van der Waals surface area contributed by atoms with Gasteiger partial charge in [0.1, 0.15) is 10.1 Å². The Bertz CT molecular complexity index is 946. The van der Waals surface area contributed by atoms with Gasteiger partial charge >= 0.3 is 47.5 Å². The van der Waals surface area contributed by atoms with E-state index >= 15 is 0 Å². The van der Waals surface area contributed by atoms with Crippen molar-refractivity contribution in [2.75, 3.05) is 19.8 Å². The van der Waals surface area contributed by atoms with Gasteiger partial charge in [0.15, 0.2) is 4.75 Å². The summed E-state index contributed by atoms with van der Waals surface area (Å²) in [5.74, 6) is -2.97. The molecule has 9 nitrogen and oxygen atoms in total. The second-order valence-electron chi connectivity index (χ2n) is 16.4. The summed E-state index contributed by atoms with van der Waals surface area (Å²) in [6.45, 7) is 24.7. The fraction of sp³-hybridized carbons (Fsp3) is 0.909. The quantitative estimate of drug-likeness (QED) is 0.0926. The molecule has 0 saturated heterocycles. The summed E-state index contributed by atoms with van der Waals surface area (Å²) in [4.78, 5) is 39.0. The van der Waals surface area contributed by atoms with E-state index in [4.69, 9.17) is 14.2 Å². The van der Waals surface area contributed by atoms with E-state index in [-0.39, 0.29) is 83.4 Å². The molecule has 3 unspecified atom stereocenters. The first-order valence-corrected chi connectivity index (χ1v) is 17.1. The molecule has 44 heavy (non-hydrogen) atoms. The van der Waals surface area contributed by atoms with E-state index in [9.17, 15) is 27.4 Å². The summed E-state index contributed by atoms with van der Waals surface area (Å²) in [6, 6.07) is 0. The van der Waals surface area contributed by atoms with Crippen LogP contribution in [0.3, 0.4) is 0 Å². The monoisotopic (exact) mass is 656 g/mol. The average molecular weight is 657 g/mol. The molecule has 0 N–H and O–H groups in total. The van der Waals surface area contributed by atoms with E-state index in [2.05, 4.69) is 62.3 Å². The van der Waals surface area contributed by atoms with E-state index in [1.54, 1.807) is 0 Å². The number of ether oxygens (including phenoxy) is 3. The second-order valence-corrected chi connectivity index (χ2v) is 18.0. The predicted molar refractivity (Wildman–Crippen MR) is 168 cm³/mol. The van der Waals surface area contributed by atoms with E-state index in [1.165, 1.54) is 0 Å². The zero-order valence-corrected chi connectivity index (χ0v) is 32.9. The van der Waals surface area contributed by atoms with Gasteiger partial charge in [-0.05, 0) is 72.5 Å². The van der Waals surface area contributed by atoms with Crippen molar-refractivity contribution >= 4 is 28.0 Å². The van der Waals surface area contributed by atoms with Crippen molar-refractivity contribution in [3.63, 3.8) is 0 Å². The molecule has 0 saturated carbocycles. The van der Waals surface area contributed by atoms with Gasteiger partial charge in [-0.1, -0.05) is 83.1 Å². The van der Waals surface area contributed by atoms with Crippen molar-refractivity contribution in [2.45, 2.75) is 139 Å². The van der Waals surface area contributed by atoms with E-state index in [0.29, 0.717) is 19.3 Å². The molecule has 0 fully saturated rings. The number of hydrogen-bond donors (Lipinski definition) is 0. The van der Waals surface area contributed by atoms with Gasteiger partial charge in [-0.15, -0.1) is 0 Å². The maximum Gasteiger partial charge on any atom is 1.00 e. The Kier molecular flexibility index (Phi) is 19.8. The standard InChI is InChI=1S/C33H62O9S.Na/c1-24(19-30(4,5)6)13-16-40-27(34)22-33(43(37,38)39,29(36)42-18-15-26(3)21-32(10,11)12)23-28(35)41-17-14-25(2)20-31(7,8)9;/h24-26H,13-23H2,1-12H3,(H,37,38,39);/q;+1/p-1. The van der Waals surface area contributed by atoms with Gasteiger partial charge in [-0.2, -0.15) is 0 Å². The Balaban J connectivity index is 0.